The van der Waals surface area contributed by atoms with Crippen molar-refractivity contribution >= 4 is 45.1 Å². The van der Waals surface area contributed by atoms with Gasteiger partial charge in [-0.15, -0.1) is 0 Å². The number of hydrogen-bond acceptors (Lipinski definition) is 5. The third-order valence-corrected chi connectivity index (χ3v) is 5.34. The molecule has 0 spiro atoms. The molecule has 0 atom stereocenters. The molecule has 0 aliphatic carbocycles. The maximum Gasteiger partial charge on any atom is 0.269 e. The molecule has 0 heterocycles. The second-order valence-corrected chi connectivity index (χ2v) is 9.33. The number of rotatable bonds is 8. The van der Waals surface area contributed by atoms with Crippen LogP contribution in [0.15, 0.2) is 77.3 Å². The van der Waals surface area contributed by atoms with Gasteiger partial charge in [-0.25, -0.2) is 0 Å². The van der Waals surface area contributed by atoms with Gasteiger partial charge in [-0.2, -0.15) is 0 Å². The number of carbonyl (C=O) groups is 2. The van der Waals surface area contributed by atoms with E-state index in [4.69, 9.17) is 21.7 Å². The van der Waals surface area contributed by atoms with Crippen LogP contribution in [-0.2, 0) is 6.61 Å². The van der Waals surface area contributed by atoms with Crippen LogP contribution in [0.1, 0.15) is 40.1 Å². The van der Waals surface area contributed by atoms with Gasteiger partial charge in [0.25, 0.3) is 11.8 Å². The van der Waals surface area contributed by atoms with Crippen molar-refractivity contribution in [2.45, 2.75) is 20.5 Å². The fourth-order valence-corrected chi connectivity index (χ4v) is 3.40. The molecule has 9 heteroatoms. The van der Waals surface area contributed by atoms with E-state index in [-0.39, 0.29) is 5.11 Å². The summed E-state index contributed by atoms with van der Waals surface area (Å²) < 4.78 is 12.2. The van der Waals surface area contributed by atoms with E-state index in [9.17, 15) is 9.59 Å². The molecule has 3 aromatic carbocycles. The molecule has 3 rings (SSSR count). The summed E-state index contributed by atoms with van der Waals surface area (Å²) >= 11 is 8.52. The number of hydrogen-bond donors (Lipinski definition) is 3. The Morgan fingerprint density at radius 1 is 0.914 bits per heavy atom. The van der Waals surface area contributed by atoms with Crippen molar-refractivity contribution in [1.82, 2.24) is 16.2 Å². The highest BCUT2D eigenvalue weighted by Crippen LogP contribution is 2.24. The van der Waals surface area contributed by atoms with Gasteiger partial charge < -0.3 is 9.47 Å². The number of thiocarbonyl (C=S) groups is 1. The van der Waals surface area contributed by atoms with Gasteiger partial charge in [0.2, 0.25) is 0 Å². The van der Waals surface area contributed by atoms with E-state index in [0.717, 1.165) is 10.0 Å². The average molecular weight is 556 g/mol. The predicted octanol–water partition coefficient (Wildman–Crippen LogP) is 5.01. The summed E-state index contributed by atoms with van der Waals surface area (Å²) in [6.07, 6.45) is 0. The third kappa shape index (κ3) is 8.38. The van der Waals surface area contributed by atoms with Crippen LogP contribution in [0, 0.1) is 5.92 Å². The predicted molar refractivity (Wildman–Crippen MR) is 142 cm³/mol. The van der Waals surface area contributed by atoms with Crippen molar-refractivity contribution in [1.29, 1.82) is 0 Å². The molecule has 2 amide bonds. The van der Waals surface area contributed by atoms with Crippen LogP contribution in [0.25, 0.3) is 0 Å². The molecular weight excluding hydrogens is 530 g/mol. The van der Waals surface area contributed by atoms with Crippen LogP contribution in [0.4, 0.5) is 0 Å². The Labute approximate surface area is 218 Å². The first-order valence-electron chi connectivity index (χ1n) is 10.9. The van der Waals surface area contributed by atoms with Gasteiger partial charge >= 0.3 is 0 Å². The fraction of sp³-hybridized carbons (Fsp3) is 0.192. The molecule has 0 aromatic heterocycles. The van der Waals surface area contributed by atoms with Crippen LogP contribution < -0.4 is 25.6 Å². The van der Waals surface area contributed by atoms with Crippen LogP contribution >= 0.6 is 28.1 Å². The van der Waals surface area contributed by atoms with Crippen molar-refractivity contribution in [3.63, 3.8) is 0 Å². The monoisotopic (exact) mass is 555 g/mol. The molecule has 3 aromatic rings. The number of halogens is 1. The van der Waals surface area contributed by atoms with Crippen molar-refractivity contribution in [3.05, 3.63) is 94.0 Å². The Balaban J connectivity index is 1.50. The molecule has 0 aliphatic rings. The van der Waals surface area contributed by atoms with Gasteiger partial charge in [0.1, 0.15) is 18.1 Å². The van der Waals surface area contributed by atoms with Crippen LogP contribution in [0.2, 0.25) is 0 Å². The Hall–Kier alpha value is -3.43. The first-order chi connectivity index (χ1) is 16.8. The molecule has 7 nitrogen and oxygen atoms in total. The van der Waals surface area contributed by atoms with Crippen molar-refractivity contribution in [2.75, 3.05) is 6.61 Å². The zero-order chi connectivity index (χ0) is 25.2. The summed E-state index contributed by atoms with van der Waals surface area (Å²) in [5.74, 6) is 0.514. The fourth-order valence-electron chi connectivity index (χ4n) is 2.89. The second-order valence-electron chi connectivity index (χ2n) is 8.01. The highest BCUT2D eigenvalue weighted by Gasteiger charge is 2.16. The van der Waals surface area contributed by atoms with Crippen LogP contribution in [-0.4, -0.2) is 23.5 Å². The summed E-state index contributed by atoms with van der Waals surface area (Å²) in [6, 6.07) is 21.7. The second kappa shape index (κ2) is 12.9. The minimum absolute atomic E-state index is 0.0547. The molecule has 182 valence electrons. The molecule has 0 unspecified atom stereocenters. The SMILES string of the molecule is CC(C)COc1ccc(Br)cc1C(=O)NC(=S)NNC(=O)c1ccc(OCc2ccccc2)cc1. The number of carbonyl (C=O) groups excluding carboxylic acids is 2. The maximum absolute atomic E-state index is 12.7. The normalized spacial score (nSPS) is 10.4. The Morgan fingerprint density at radius 2 is 1.63 bits per heavy atom. The first-order valence-corrected chi connectivity index (χ1v) is 12.1. The summed E-state index contributed by atoms with van der Waals surface area (Å²) in [5.41, 5.74) is 6.79. The van der Waals surface area contributed by atoms with Crippen molar-refractivity contribution in [2.24, 2.45) is 5.92 Å². The molecule has 0 bridgehead atoms. The standard InChI is InChI=1S/C26H26BrN3O4S/c1-17(2)15-34-23-13-10-20(27)14-22(23)25(32)28-26(35)30-29-24(31)19-8-11-21(12-9-19)33-16-18-6-4-3-5-7-18/h3-14,17H,15-16H2,1-2H3,(H,29,31)(H2,28,30,32,35). The van der Waals surface area contributed by atoms with Gasteiger partial charge in [-0.05, 0) is 66.2 Å². The summed E-state index contributed by atoms with van der Waals surface area (Å²) in [7, 11) is 0. The Kier molecular flexibility index (Phi) is 9.63. The van der Waals surface area contributed by atoms with Gasteiger partial charge in [-0.1, -0.05) is 60.1 Å². The molecule has 0 saturated heterocycles. The molecule has 35 heavy (non-hydrogen) atoms. The van der Waals surface area contributed by atoms with Gasteiger partial charge in [0, 0.05) is 10.0 Å². The van der Waals surface area contributed by atoms with E-state index in [0.29, 0.717) is 41.8 Å². The van der Waals surface area contributed by atoms with Gasteiger partial charge in [0.05, 0.1) is 12.2 Å². The van der Waals surface area contributed by atoms with E-state index in [1.165, 1.54) is 0 Å². The minimum Gasteiger partial charge on any atom is -0.492 e. The van der Waals surface area contributed by atoms with E-state index in [1.807, 2.05) is 44.2 Å². The lowest BCUT2D eigenvalue weighted by atomic mass is 10.2. The van der Waals surface area contributed by atoms with Gasteiger partial charge in [0.15, 0.2) is 5.11 Å². The number of ether oxygens (including phenoxy) is 2. The number of hydrazine groups is 1. The lowest BCUT2D eigenvalue weighted by molar-refractivity contribution is 0.0933. The summed E-state index contributed by atoms with van der Waals surface area (Å²) in [6.45, 7) is 4.94. The van der Waals surface area contributed by atoms with E-state index < -0.39 is 11.8 Å². The molecule has 0 radical (unpaired) electrons. The number of benzene rings is 3. The summed E-state index contributed by atoms with van der Waals surface area (Å²) in [4.78, 5) is 25.2. The molecule has 0 fully saturated rings. The topological polar surface area (TPSA) is 88.7 Å². The van der Waals surface area contributed by atoms with Crippen LogP contribution in [0.5, 0.6) is 11.5 Å². The van der Waals surface area contributed by atoms with Crippen molar-refractivity contribution in [3.8, 4) is 11.5 Å². The zero-order valence-electron chi connectivity index (χ0n) is 19.3. The third-order valence-electron chi connectivity index (χ3n) is 4.64. The molecule has 3 N–H and O–H groups in total. The van der Waals surface area contributed by atoms with E-state index >= 15 is 0 Å². The summed E-state index contributed by atoms with van der Waals surface area (Å²) in [5, 5.41) is 2.49. The average Bonchev–Trinajstić information content (AvgIpc) is 2.86. The lowest BCUT2D eigenvalue weighted by Crippen LogP contribution is -2.48. The van der Waals surface area contributed by atoms with Crippen LogP contribution in [0.3, 0.4) is 0 Å². The molecule has 0 aliphatic heterocycles. The molecular formula is C26H26BrN3O4S. The highest BCUT2D eigenvalue weighted by atomic mass is 79.9. The smallest absolute Gasteiger partial charge is 0.269 e. The zero-order valence-corrected chi connectivity index (χ0v) is 21.7. The Bertz CT molecular complexity index is 1170. The van der Waals surface area contributed by atoms with E-state index in [1.54, 1.807) is 42.5 Å². The quantitative estimate of drug-likeness (QED) is 0.267. The minimum atomic E-state index is -0.461. The van der Waals surface area contributed by atoms with Crippen molar-refractivity contribution < 1.29 is 19.1 Å². The largest absolute Gasteiger partial charge is 0.492 e. The maximum atomic E-state index is 12.7. The van der Waals surface area contributed by atoms with E-state index in [2.05, 4.69) is 32.1 Å². The number of nitrogens with one attached hydrogen (secondary N) is 3. The molecule has 0 saturated carbocycles. The number of amides is 2. The Morgan fingerprint density at radius 3 is 2.31 bits per heavy atom. The first kappa shape index (κ1) is 26.2. The van der Waals surface area contributed by atoms with Gasteiger partial charge in [-0.3, -0.25) is 25.8 Å². The lowest BCUT2D eigenvalue weighted by Gasteiger charge is -2.15. The highest BCUT2D eigenvalue weighted by molar-refractivity contribution is 9.10.